The van der Waals surface area contributed by atoms with E-state index >= 15 is 0 Å². The average Bonchev–Trinajstić information content (AvgIpc) is 3.18. The molecule has 4 rings (SSSR count). The van der Waals surface area contributed by atoms with Crippen LogP contribution < -0.4 is 5.32 Å². The van der Waals surface area contributed by atoms with Gasteiger partial charge in [-0.05, 0) is 63.1 Å². The lowest BCUT2D eigenvalue weighted by molar-refractivity contribution is 0.181. The molecular formula is C19H28N4OS. The highest BCUT2D eigenvalue weighted by Crippen LogP contribution is 2.39. The Balaban J connectivity index is 1.61. The number of aliphatic hydroxyl groups excluding tert-OH is 1. The fourth-order valence-corrected chi connectivity index (χ4v) is 5.22. The van der Waals surface area contributed by atoms with Crippen LogP contribution in [0.5, 0.6) is 0 Å². The Morgan fingerprint density at radius 3 is 2.88 bits per heavy atom. The lowest BCUT2D eigenvalue weighted by Gasteiger charge is -2.29. The molecule has 2 aromatic heterocycles. The lowest BCUT2D eigenvalue weighted by Crippen LogP contribution is -2.33. The Hall–Kier alpha value is -1.24. The molecule has 0 aromatic carbocycles. The predicted octanol–water partition coefficient (Wildman–Crippen LogP) is 3.21. The first-order valence-electron chi connectivity index (χ1n) is 9.63. The quantitative estimate of drug-likeness (QED) is 0.775. The molecule has 0 amide bonds. The number of hydrogen-bond donors (Lipinski definition) is 2. The van der Waals surface area contributed by atoms with Gasteiger partial charge in [-0.1, -0.05) is 6.92 Å². The van der Waals surface area contributed by atoms with E-state index in [2.05, 4.69) is 17.1 Å². The maximum atomic E-state index is 9.09. The van der Waals surface area contributed by atoms with Gasteiger partial charge in [0, 0.05) is 18.0 Å². The molecule has 1 aliphatic carbocycles. The van der Waals surface area contributed by atoms with Crippen molar-refractivity contribution >= 4 is 27.4 Å². The molecule has 5 nitrogen and oxygen atoms in total. The summed E-state index contributed by atoms with van der Waals surface area (Å²) < 4.78 is 0. The van der Waals surface area contributed by atoms with Gasteiger partial charge in [0.15, 0.2) is 0 Å². The van der Waals surface area contributed by atoms with Crippen molar-refractivity contribution in [2.75, 3.05) is 31.6 Å². The molecule has 2 N–H and O–H groups in total. The van der Waals surface area contributed by atoms with Gasteiger partial charge < -0.3 is 10.4 Å². The summed E-state index contributed by atoms with van der Waals surface area (Å²) in [6.07, 6.45) is 6.88. The van der Waals surface area contributed by atoms with Crippen molar-refractivity contribution < 1.29 is 5.11 Å². The first-order valence-corrected chi connectivity index (χ1v) is 10.4. The molecule has 1 fully saturated rings. The summed E-state index contributed by atoms with van der Waals surface area (Å²) in [6.45, 7) is 6.46. The standard InChI is InChI=1S/C19H28N4OS/c1-13-6-9-23(10-7-13)12-16-21-18(20-8-3-11-24)17-14-4-2-5-15(14)25-19(17)22-16/h13,24H,2-12H2,1H3,(H,20,21,22). The van der Waals surface area contributed by atoms with E-state index in [0.717, 1.165) is 61.4 Å². The van der Waals surface area contributed by atoms with Crippen LogP contribution in [0.25, 0.3) is 10.2 Å². The summed E-state index contributed by atoms with van der Waals surface area (Å²) in [7, 11) is 0. The van der Waals surface area contributed by atoms with Crippen LogP contribution in [-0.2, 0) is 19.4 Å². The lowest BCUT2D eigenvalue weighted by atomic mass is 9.99. The van der Waals surface area contributed by atoms with Crippen molar-refractivity contribution in [1.29, 1.82) is 0 Å². The number of hydrogen-bond acceptors (Lipinski definition) is 6. The molecule has 0 saturated carbocycles. The molecule has 1 saturated heterocycles. The van der Waals surface area contributed by atoms with Gasteiger partial charge in [0.05, 0.1) is 11.9 Å². The van der Waals surface area contributed by atoms with Gasteiger partial charge >= 0.3 is 0 Å². The molecule has 136 valence electrons. The van der Waals surface area contributed by atoms with Crippen LogP contribution in [0.15, 0.2) is 0 Å². The van der Waals surface area contributed by atoms with Crippen LogP contribution in [0.1, 0.15) is 48.9 Å². The van der Waals surface area contributed by atoms with Crippen molar-refractivity contribution in [2.45, 2.75) is 52.0 Å². The maximum Gasteiger partial charge on any atom is 0.146 e. The summed E-state index contributed by atoms with van der Waals surface area (Å²) in [5, 5.41) is 13.8. The Bertz CT molecular complexity index is 737. The molecule has 0 unspecified atom stereocenters. The normalized spacial score (nSPS) is 18.8. The van der Waals surface area contributed by atoms with Crippen molar-refractivity contribution in [2.24, 2.45) is 5.92 Å². The van der Waals surface area contributed by atoms with Crippen LogP contribution in [0.3, 0.4) is 0 Å². The van der Waals surface area contributed by atoms with E-state index in [4.69, 9.17) is 15.1 Å². The van der Waals surface area contributed by atoms with Gasteiger partial charge in [0.2, 0.25) is 0 Å². The van der Waals surface area contributed by atoms with Gasteiger partial charge in [0.1, 0.15) is 16.5 Å². The number of fused-ring (bicyclic) bond motifs is 3. The summed E-state index contributed by atoms with van der Waals surface area (Å²) in [4.78, 5) is 14.9. The molecule has 6 heteroatoms. The number of anilines is 1. The Labute approximate surface area is 153 Å². The average molecular weight is 361 g/mol. The van der Waals surface area contributed by atoms with Crippen molar-refractivity contribution in [3.63, 3.8) is 0 Å². The van der Waals surface area contributed by atoms with Crippen LogP contribution in [-0.4, -0.2) is 46.2 Å². The van der Waals surface area contributed by atoms with Crippen LogP contribution in [0.2, 0.25) is 0 Å². The predicted molar refractivity (Wildman–Crippen MR) is 103 cm³/mol. The number of thiophene rings is 1. The highest BCUT2D eigenvalue weighted by Gasteiger charge is 2.23. The molecule has 1 aliphatic heterocycles. The molecule has 0 atom stereocenters. The smallest absolute Gasteiger partial charge is 0.146 e. The monoisotopic (exact) mass is 360 g/mol. The van der Waals surface area contributed by atoms with Gasteiger partial charge in [0.25, 0.3) is 0 Å². The zero-order valence-corrected chi connectivity index (χ0v) is 15.9. The Morgan fingerprint density at radius 2 is 2.08 bits per heavy atom. The van der Waals surface area contributed by atoms with E-state index in [-0.39, 0.29) is 6.61 Å². The summed E-state index contributed by atoms with van der Waals surface area (Å²) in [6, 6.07) is 0. The fourth-order valence-electron chi connectivity index (χ4n) is 3.94. The van der Waals surface area contributed by atoms with E-state index in [1.165, 1.54) is 41.5 Å². The zero-order valence-electron chi connectivity index (χ0n) is 15.1. The first-order chi connectivity index (χ1) is 12.2. The largest absolute Gasteiger partial charge is 0.396 e. The molecule has 0 spiro atoms. The second-order valence-corrected chi connectivity index (χ2v) is 8.57. The van der Waals surface area contributed by atoms with Gasteiger partial charge in [-0.15, -0.1) is 11.3 Å². The third-order valence-electron chi connectivity index (χ3n) is 5.48. The van der Waals surface area contributed by atoms with Gasteiger partial charge in [-0.2, -0.15) is 0 Å². The molecule has 0 radical (unpaired) electrons. The number of rotatable bonds is 6. The third kappa shape index (κ3) is 3.66. The molecule has 2 aromatic rings. The molecule has 2 aliphatic rings. The minimum atomic E-state index is 0.210. The topological polar surface area (TPSA) is 61.3 Å². The van der Waals surface area contributed by atoms with Crippen LogP contribution in [0, 0.1) is 5.92 Å². The van der Waals surface area contributed by atoms with E-state index in [1.807, 2.05) is 11.3 Å². The molecule has 25 heavy (non-hydrogen) atoms. The van der Waals surface area contributed by atoms with Crippen LogP contribution in [0.4, 0.5) is 5.82 Å². The second kappa shape index (κ2) is 7.56. The van der Waals surface area contributed by atoms with Crippen molar-refractivity contribution in [1.82, 2.24) is 14.9 Å². The number of nitrogens with one attached hydrogen (secondary N) is 1. The first kappa shape index (κ1) is 17.2. The van der Waals surface area contributed by atoms with Crippen molar-refractivity contribution in [3.05, 3.63) is 16.3 Å². The summed E-state index contributed by atoms with van der Waals surface area (Å²) >= 11 is 1.86. The van der Waals surface area contributed by atoms with E-state index < -0.39 is 0 Å². The summed E-state index contributed by atoms with van der Waals surface area (Å²) in [5.74, 6) is 2.77. The maximum absolute atomic E-state index is 9.09. The van der Waals surface area contributed by atoms with E-state index in [1.54, 1.807) is 0 Å². The number of likely N-dealkylation sites (tertiary alicyclic amines) is 1. The van der Waals surface area contributed by atoms with Gasteiger partial charge in [-0.3, -0.25) is 4.90 Å². The van der Waals surface area contributed by atoms with Crippen molar-refractivity contribution in [3.8, 4) is 0 Å². The summed E-state index contributed by atoms with van der Waals surface area (Å²) in [5.41, 5.74) is 1.46. The minimum Gasteiger partial charge on any atom is -0.396 e. The number of nitrogens with zero attached hydrogens (tertiary/aromatic N) is 3. The molecule has 0 bridgehead atoms. The Morgan fingerprint density at radius 1 is 1.24 bits per heavy atom. The van der Waals surface area contributed by atoms with E-state index in [0.29, 0.717) is 0 Å². The van der Waals surface area contributed by atoms with E-state index in [9.17, 15) is 0 Å². The third-order valence-corrected chi connectivity index (χ3v) is 6.67. The Kier molecular flexibility index (Phi) is 5.20. The molecule has 3 heterocycles. The highest BCUT2D eigenvalue weighted by molar-refractivity contribution is 7.19. The number of aryl methyl sites for hydroxylation is 2. The SMILES string of the molecule is CC1CCN(Cc2nc(NCCCO)c3c4c(sc3n2)CCC4)CC1. The minimum absolute atomic E-state index is 0.210. The van der Waals surface area contributed by atoms with Crippen LogP contribution >= 0.6 is 11.3 Å². The van der Waals surface area contributed by atoms with Gasteiger partial charge in [-0.25, -0.2) is 9.97 Å². The number of aliphatic hydroxyl groups is 1. The number of piperidine rings is 1. The zero-order chi connectivity index (χ0) is 17.2. The second-order valence-electron chi connectivity index (χ2n) is 7.49. The number of aromatic nitrogens is 2. The fraction of sp³-hybridized carbons (Fsp3) is 0.684. The molecular weight excluding hydrogens is 332 g/mol. The highest BCUT2D eigenvalue weighted by atomic mass is 32.1.